The van der Waals surface area contributed by atoms with Gasteiger partial charge in [-0.3, -0.25) is 4.79 Å². The van der Waals surface area contributed by atoms with Gasteiger partial charge in [-0.15, -0.1) is 0 Å². The number of anilines is 1. The number of amides is 1. The molecule has 0 spiro atoms. The molecule has 24 heavy (non-hydrogen) atoms. The molecule has 128 valence electrons. The van der Waals surface area contributed by atoms with E-state index in [1.165, 1.54) is 19.1 Å². The molecule has 2 aromatic carbocycles. The first kappa shape index (κ1) is 18.6. The summed E-state index contributed by atoms with van der Waals surface area (Å²) in [5.41, 5.74) is 1.46. The number of hydrogen-bond donors (Lipinski definition) is 2. The summed E-state index contributed by atoms with van der Waals surface area (Å²) in [6.07, 6.45) is 0.630. The Kier molecular flexibility index (Phi) is 6.15. The molecular weight excluding hydrogens is 392 g/mol. The van der Waals surface area contributed by atoms with Gasteiger partial charge in [-0.05, 0) is 48.4 Å². The molecule has 0 radical (unpaired) electrons. The average Bonchev–Trinajstić information content (AvgIpc) is 2.53. The van der Waals surface area contributed by atoms with Gasteiger partial charge in [0.25, 0.3) is 0 Å². The van der Waals surface area contributed by atoms with E-state index in [2.05, 4.69) is 26.0 Å². The molecule has 0 bridgehead atoms. The topological polar surface area (TPSA) is 75.3 Å². The third kappa shape index (κ3) is 4.90. The van der Waals surface area contributed by atoms with Gasteiger partial charge < -0.3 is 5.32 Å². The highest BCUT2D eigenvalue weighted by Gasteiger charge is 2.20. The van der Waals surface area contributed by atoms with E-state index in [-0.39, 0.29) is 16.8 Å². The molecule has 7 heteroatoms. The number of rotatable bonds is 6. The number of halogens is 1. The van der Waals surface area contributed by atoms with Gasteiger partial charge in [0, 0.05) is 23.1 Å². The predicted octanol–water partition coefficient (Wildman–Crippen LogP) is 3.84. The lowest BCUT2D eigenvalue weighted by molar-refractivity contribution is -0.114. The van der Waals surface area contributed by atoms with E-state index in [1.807, 2.05) is 31.2 Å². The van der Waals surface area contributed by atoms with E-state index in [0.717, 1.165) is 10.0 Å². The van der Waals surface area contributed by atoms with Gasteiger partial charge in [-0.1, -0.05) is 35.0 Å². The molecule has 0 aliphatic carbocycles. The Bertz CT molecular complexity index is 803. The number of carbonyl (C=O) groups excluding carboxylic acids is 1. The second-order valence-corrected chi connectivity index (χ2v) is 7.97. The van der Waals surface area contributed by atoms with E-state index in [9.17, 15) is 13.2 Å². The lowest BCUT2D eigenvalue weighted by Gasteiger charge is -2.18. The Morgan fingerprint density at radius 1 is 1.08 bits per heavy atom. The van der Waals surface area contributed by atoms with Crippen molar-refractivity contribution in [1.29, 1.82) is 0 Å². The number of sulfonamides is 1. The number of nitrogens with one attached hydrogen (secondary N) is 2. The Balaban J connectivity index is 2.19. The molecule has 0 saturated carbocycles. The first-order valence-corrected chi connectivity index (χ1v) is 9.75. The summed E-state index contributed by atoms with van der Waals surface area (Å²) in [5, 5.41) is 2.61. The Morgan fingerprint density at radius 2 is 1.67 bits per heavy atom. The van der Waals surface area contributed by atoms with Crippen LogP contribution in [0.1, 0.15) is 31.9 Å². The van der Waals surface area contributed by atoms with Crippen LogP contribution < -0.4 is 10.0 Å². The molecule has 0 unspecified atom stereocenters. The zero-order valence-corrected chi connectivity index (χ0v) is 15.8. The fourth-order valence-corrected chi connectivity index (χ4v) is 3.83. The van der Waals surface area contributed by atoms with Gasteiger partial charge in [-0.2, -0.15) is 0 Å². The average molecular weight is 411 g/mol. The summed E-state index contributed by atoms with van der Waals surface area (Å²) >= 11 is 3.37. The summed E-state index contributed by atoms with van der Waals surface area (Å²) in [4.78, 5) is 11.2. The molecular formula is C17H19BrN2O3S. The van der Waals surface area contributed by atoms with Crippen LogP contribution in [0.5, 0.6) is 0 Å². The quantitative estimate of drug-likeness (QED) is 0.759. The third-order valence-corrected chi connectivity index (χ3v) is 5.48. The normalized spacial score (nSPS) is 12.6. The fraction of sp³-hybridized carbons (Fsp3) is 0.235. The zero-order chi connectivity index (χ0) is 17.7. The van der Waals surface area contributed by atoms with Crippen molar-refractivity contribution < 1.29 is 13.2 Å². The van der Waals surface area contributed by atoms with Crippen LogP contribution in [0.4, 0.5) is 5.69 Å². The minimum absolute atomic E-state index is 0.159. The van der Waals surface area contributed by atoms with Crippen LogP contribution in [0.25, 0.3) is 0 Å². The molecule has 0 fully saturated rings. The summed E-state index contributed by atoms with van der Waals surface area (Å²) < 4.78 is 28.8. The standard InChI is InChI=1S/C17H19BrN2O3S/c1-3-17(13-4-6-14(18)7-5-13)20-24(22,23)16-10-8-15(9-11-16)19-12(2)21/h4-11,17,20H,3H2,1-2H3,(H,19,21)/t17-/m1/s1. The predicted molar refractivity (Wildman–Crippen MR) is 98.2 cm³/mol. The van der Waals surface area contributed by atoms with Crippen molar-refractivity contribution in [1.82, 2.24) is 4.72 Å². The lowest BCUT2D eigenvalue weighted by atomic mass is 10.1. The highest BCUT2D eigenvalue weighted by molar-refractivity contribution is 9.10. The zero-order valence-electron chi connectivity index (χ0n) is 13.4. The molecule has 0 heterocycles. The van der Waals surface area contributed by atoms with Crippen molar-refractivity contribution >= 4 is 37.5 Å². The van der Waals surface area contributed by atoms with Gasteiger partial charge in [0.05, 0.1) is 4.90 Å². The minimum atomic E-state index is -3.65. The molecule has 2 rings (SSSR count). The summed E-state index contributed by atoms with van der Waals surface area (Å²) in [6.45, 7) is 3.32. The van der Waals surface area contributed by atoms with Gasteiger partial charge >= 0.3 is 0 Å². The molecule has 0 aliphatic rings. The van der Waals surface area contributed by atoms with Crippen LogP contribution in [0, 0.1) is 0 Å². The van der Waals surface area contributed by atoms with Crippen LogP contribution in [-0.4, -0.2) is 14.3 Å². The lowest BCUT2D eigenvalue weighted by Crippen LogP contribution is -2.28. The summed E-state index contributed by atoms with van der Waals surface area (Å²) in [7, 11) is -3.65. The minimum Gasteiger partial charge on any atom is -0.326 e. The molecule has 0 aliphatic heterocycles. The van der Waals surface area contributed by atoms with Crippen molar-refractivity contribution in [3.8, 4) is 0 Å². The highest BCUT2D eigenvalue weighted by atomic mass is 79.9. The van der Waals surface area contributed by atoms with Crippen LogP contribution in [0.2, 0.25) is 0 Å². The van der Waals surface area contributed by atoms with Crippen molar-refractivity contribution in [2.75, 3.05) is 5.32 Å². The van der Waals surface area contributed by atoms with Gasteiger partial charge in [0.1, 0.15) is 0 Å². The van der Waals surface area contributed by atoms with Crippen LogP contribution >= 0.6 is 15.9 Å². The van der Waals surface area contributed by atoms with E-state index >= 15 is 0 Å². The SMILES string of the molecule is CC[C@@H](NS(=O)(=O)c1ccc(NC(C)=O)cc1)c1ccc(Br)cc1. The molecule has 5 nitrogen and oxygen atoms in total. The Labute approximate surface area is 150 Å². The van der Waals surface area contributed by atoms with Crippen LogP contribution in [0.15, 0.2) is 57.9 Å². The first-order valence-electron chi connectivity index (χ1n) is 7.47. The van der Waals surface area contributed by atoms with Gasteiger partial charge in [0.15, 0.2) is 0 Å². The smallest absolute Gasteiger partial charge is 0.241 e. The van der Waals surface area contributed by atoms with E-state index in [4.69, 9.17) is 0 Å². The first-order chi connectivity index (χ1) is 11.3. The Hall–Kier alpha value is -1.70. The van der Waals surface area contributed by atoms with E-state index in [0.29, 0.717) is 12.1 Å². The number of hydrogen-bond acceptors (Lipinski definition) is 3. The molecule has 2 N–H and O–H groups in total. The summed E-state index contributed by atoms with van der Waals surface area (Å²) in [6, 6.07) is 13.3. The van der Waals surface area contributed by atoms with Crippen molar-refractivity contribution in [3.05, 3.63) is 58.6 Å². The number of benzene rings is 2. The summed E-state index contributed by atoms with van der Waals surface area (Å²) in [5.74, 6) is -0.204. The fourth-order valence-electron chi connectivity index (χ4n) is 2.26. The monoisotopic (exact) mass is 410 g/mol. The molecule has 0 saturated heterocycles. The van der Waals surface area contributed by atoms with Crippen LogP contribution in [-0.2, 0) is 14.8 Å². The maximum absolute atomic E-state index is 12.6. The molecule has 0 aromatic heterocycles. The second-order valence-electron chi connectivity index (χ2n) is 5.34. The van der Waals surface area contributed by atoms with Gasteiger partial charge in [-0.25, -0.2) is 13.1 Å². The van der Waals surface area contributed by atoms with Crippen molar-refractivity contribution in [2.24, 2.45) is 0 Å². The van der Waals surface area contributed by atoms with Crippen molar-refractivity contribution in [2.45, 2.75) is 31.2 Å². The maximum atomic E-state index is 12.6. The molecule has 1 amide bonds. The molecule has 1 atom stereocenters. The van der Waals surface area contributed by atoms with Crippen LogP contribution in [0.3, 0.4) is 0 Å². The van der Waals surface area contributed by atoms with E-state index in [1.54, 1.807) is 12.1 Å². The highest BCUT2D eigenvalue weighted by Crippen LogP contribution is 2.22. The molecule has 2 aromatic rings. The van der Waals surface area contributed by atoms with Gasteiger partial charge in [0.2, 0.25) is 15.9 Å². The second kappa shape index (κ2) is 7.92. The Morgan fingerprint density at radius 3 is 2.17 bits per heavy atom. The van der Waals surface area contributed by atoms with Crippen molar-refractivity contribution in [3.63, 3.8) is 0 Å². The van der Waals surface area contributed by atoms with E-state index < -0.39 is 10.0 Å². The third-order valence-electron chi connectivity index (χ3n) is 3.46. The maximum Gasteiger partial charge on any atom is 0.241 e. The number of carbonyl (C=O) groups is 1. The largest absolute Gasteiger partial charge is 0.326 e.